The molecule has 6 heteroatoms. The Labute approximate surface area is 156 Å². The fourth-order valence-electron chi connectivity index (χ4n) is 5.27. The van der Waals surface area contributed by atoms with Crippen LogP contribution in [-0.2, 0) is 4.79 Å². The third-order valence-electron chi connectivity index (χ3n) is 7.15. The monoisotopic (exact) mass is 371 g/mol. The van der Waals surface area contributed by atoms with Gasteiger partial charge in [0.1, 0.15) is 10.7 Å². The van der Waals surface area contributed by atoms with Crippen molar-refractivity contribution >= 4 is 27.5 Å². The predicted octanol–water partition coefficient (Wildman–Crippen LogP) is 3.87. The van der Waals surface area contributed by atoms with Crippen molar-refractivity contribution in [1.82, 2.24) is 9.66 Å². The molecule has 1 amide bonds. The SMILES string of the molecule is CC1(C)[C@H]2CC[C@@H](CC(=O)Nn3c(C4CC4)nc4sccc4c3=O)[C@@H]1C2. The summed E-state index contributed by atoms with van der Waals surface area (Å²) in [6, 6.07) is 1.80. The Bertz CT molecular complexity index is 938. The van der Waals surface area contributed by atoms with Gasteiger partial charge in [-0.05, 0) is 66.7 Å². The molecule has 4 aliphatic carbocycles. The van der Waals surface area contributed by atoms with Crippen molar-refractivity contribution in [2.75, 3.05) is 5.43 Å². The summed E-state index contributed by atoms with van der Waals surface area (Å²) < 4.78 is 1.44. The molecule has 1 N–H and O–H groups in total. The molecule has 2 heterocycles. The fraction of sp³-hybridized carbons (Fsp3) is 0.650. The number of thiophene rings is 1. The summed E-state index contributed by atoms with van der Waals surface area (Å²) in [5.74, 6) is 2.90. The van der Waals surface area contributed by atoms with Gasteiger partial charge in [0.25, 0.3) is 5.56 Å². The number of hydrogen-bond donors (Lipinski definition) is 1. The van der Waals surface area contributed by atoms with Crippen LogP contribution in [0.3, 0.4) is 0 Å². The van der Waals surface area contributed by atoms with Gasteiger partial charge in [-0.2, -0.15) is 0 Å². The Morgan fingerprint density at radius 1 is 1.35 bits per heavy atom. The molecule has 4 saturated carbocycles. The van der Waals surface area contributed by atoms with E-state index in [4.69, 9.17) is 0 Å². The van der Waals surface area contributed by atoms with Crippen LogP contribution in [0.1, 0.15) is 64.1 Å². The number of amides is 1. The Balaban J connectivity index is 1.39. The summed E-state index contributed by atoms with van der Waals surface area (Å²) in [4.78, 5) is 31.1. The highest BCUT2D eigenvalue weighted by atomic mass is 32.1. The number of fused-ring (bicyclic) bond motifs is 3. The van der Waals surface area contributed by atoms with E-state index in [1.165, 1.54) is 28.9 Å². The Morgan fingerprint density at radius 3 is 2.85 bits per heavy atom. The molecule has 2 aromatic rings. The second-order valence-corrected chi connectivity index (χ2v) is 9.86. The lowest BCUT2D eigenvalue weighted by Gasteiger charge is -2.60. The summed E-state index contributed by atoms with van der Waals surface area (Å²) in [7, 11) is 0. The average molecular weight is 372 g/mol. The quantitative estimate of drug-likeness (QED) is 0.887. The number of nitrogens with zero attached hydrogens (tertiary/aromatic N) is 2. The maximum atomic E-state index is 12.9. The standard InChI is InChI=1S/C20H25N3O2S/c1-20(2)13-6-5-12(15(20)10-13)9-16(24)22-23-17(11-3-4-11)21-18-14(19(23)25)7-8-26-18/h7-8,11-13,15H,3-6,9-10H2,1-2H3,(H,22,24)/t12-,13-,15-/m0/s1. The topological polar surface area (TPSA) is 64.0 Å². The molecular weight excluding hydrogens is 346 g/mol. The molecule has 0 aromatic carbocycles. The van der Waals surface area contributed by atoms with E-state index in [0.717, 1.165) is 35.8 Å². The van der Waals surface area contributed by atoms with Crippen molar-refractivity contribution < 1.29 is 4.79 Å². The van der Waals surface area contributed by atoms with Gasteiger partial charge in [0, 0.05) is 12.3 Å². The van der Waals surface area contributed by atoms with Gasteiger partial charge in [-0.1, -0.05) is 13.8 Å². The largest absolute Gasteiger partial charge is 0.281 e. The summed E-state index contributed by atoms with van der Waals surface area (Å²) in [5.41, 5.74) is 3.13. The maximum Gasteiger partial charge on any atom is 0.281 e. The molecule has 2 bridgehead atoms. The minimum Gasteiger partial charge on any atom is -0.273 e. The minimum atomic E-state index is -0.140. The van der Waals surface area contributed by atoms with Crippen molar-refractivity contribution in [2.45, 2.75) is 58.3 Å². The molecule has 0 saturated heterocycles. The van der Waals surface area contributed by atoms with Gasteiger partial charge in [0.2, 0.25) is 5.91 Å². The number of carbonyl (C=O) groups excluding carboxylic acids is 1. The van der Waals surface area contributed by atoms with Crippen molar-refractivity contribution in [3.05, 3.63) is 27.6 Å². The van der Waals surface area contributed by atoms with Crippen molar-refractivity contribution in [1.29, 1.82) is 0 Å². The van der Waals surface area contributed by atoms with E-state index < -0.39 is 0 Å². The normalized spacial score (nSPS) is 29.4. The van der Waals surface area contributed by atoms with Gasteiger partial charge in [-0.3, -0.25) is 15.0 Å². The Hall–Kier alpha value is -1.69. The average Bonchev–Trinajstić information content (AvgIpc) is 3.34. The molecule has 0 radical (unpaired) electrons. The van der Waals surface area contributed by atoms with E-state index in [1.54, 1.807) is 6.07 Å². The molecule has 5 nitrogen and oxygen atoms in total. The minimum absolute atomic E-state index is 0.0449. The number of carbonyl (C=O) groups is 1. The van der Waals surface area contributed by atoms with E-state index in [-0.39, 0.29) is 11.5 Å². The first kappa shape index (κ1) is 16.5. The van der Waals surface area contributed by atoms with E-state index in [1.807, 2.05) is 5.38 Å². The van der Waals surface area contributed by atoms with Crippen LogP contribution in [-0.4, -0.2) is 15.6 Å². The lowest BCUT2D eigenvalue weighted by molar-refractivity contribution is -0.129. The molecule has 0 aliphatic heterocycles. The van der Waals surface area contributed by atoms with Crippen LogP contribution >= 0.6 is 11.3 Å². The van der Waals surface area contributed by atoms with Crippen LogP contribution in [0.2, 0.25) is 0 Å². The zero-order valence-corrected chi connectivity index (χ0v) is 16.1. The molecular formula is C20H25N3O2S. The van der Waals surface area contributed by atoms with Gasteiger partial charge in [-0.15, -0.1) is 11.3 Å². The third kappa shape index (κ3) is 2.45. The van der Waals surface area contributed by atoms with Crippen LogP contribution in [0.4, 0.5) is 0 Å². The van der Waals surface area contributed by atoms with Crippen molar-refractivity contribution in [3.63, 3.8) is 0 Å². The lowest BCUT2D eigenvalue weighted by atomic mass is 9.45. The zero-order chi connectivity index (χ0) is 18.1. The summed E-state index contributed by atoms with van der Waals surface area (Å²) in [6.45, 7) is 4.69. The predicted molar refractivity (Wildman–Crippen MR) is 103 cm³/mol. The summed E-state index contributed by atoms with van der Waals surface area (Å²) in [5, 5.41) is 2.49. The highest BCUT2D eigenvalue weighted by molar-refractivity contribution is 7.16. The molecule has 6 rings (SSSR count). The highest BCUT2D eigenvalue weighted by Crippen LogP contribution is 2.61. The second-order valence-electron chi connectivity index (χ2n) is 8.96. The number of nitrogens with one attached hydrogen (secondary N) is 1. The van der Waals surface area contributed by atoms with Crippen molar-refractivity contribution in [2.24, 2.45) is 23.2 Å². The van der Waals surface area contributed by atoms with Crippen LogP contribution in [0, 0.1) is 23.2 Å². The first-order valence-corrected chi connectivity index (χ1v) is 10.6. The molecule has 4 aliphatic rings. The first-order valence-electron chi connectivity index (χ1n) is 9.75. The molecule has 0 spiro atoms. The highest BCUT2D eigenvalue weighted by Gasteiger charge is 2.54. The molecule has 138 valence electrons. The lowest BCUT2D eigenvalue weighted by Crippen LogP contribution is -2.53. The first-order chi connectivity index (χ1) is 12.4. The Kier molecular flexibility index (Phi) is 3.58. The third-order valence-corrected chi connectivity index (χ3v) is 7.96. The van der Waals surface area contributed by atoms with Crippen LogP contribution in [0.5, 0.6) is 0 Å². The number of aromatic nitrogens is 2. The van der Waals surface area contributed by atoms with Gasteiger partial charge in [0.05, 0.1) is 5.39 Å². The van der Waals surface area contributed by atoms with Crippen LogP contribution in [0.25, 0.3) is 10.2 Å². The van der Waals surface area contributed by atoms with Crippen LogP contribution < -0.4 is 11.0 Å². The summed E-state index contributed by atoms with van der Waals surface area (Å²) >= 11 is 1.49. The zero-order valence-electron chi connectivity index (χ0n) is 15.3. The van der Waals surface area contributed by atoms with Crippen molar-refractivity contribution in [3.8, 4) is 0 Å². The van der Waals surface area contributed by atoms with Gasteiger partial charge < -0.3 is 0 Å². The maximum absolute atomic E-state index is 12.9. The van der Waals surface area contributed by atoms with E-state index >= 15 is 0 Å². The molecule has 3 atom stereocenters. The van der Waals surface area contributed by atoms with Crippen LogP contribution in [0.15, 0.2) is 16.2 Å². The number of rotatable bonds is 4. The second kappa shape index (κ2) is 5.65. The van der Waals surface area contributed by atoms with E-state index in [2.05, 4.69) is 24.3 Å². The number of hydrogen-bond acceptors (Lipinski definition) is 4. The fourth-order valence-corrected chi connectivity index (χ4v) is 6.03. The van der Waals surface area contributed by atoms with E-state index in [9.17, 15) is 9.59 Å². The molecule has 26 heavy (non-hydrogen) atoms. The Morgan fingerprint density at radius 2 is 2.15 bits per heavy atom. The van der Waals surface area contributed by atoms with Gasteiger partial charge in [0.15, 0.2) is 0 Å². The van der Waals surface area contributed by atoms with Gasteiger partial charge >= 0.3 is 0 Å². The smallest absolute Gasteiger partial charge is 0.273 e. The molecule has 4 fully saturated rings. The van der Waals surface area contributed by atoms with Gasteiger partial charge in [-0.25, -0.2) is 9.66 Å². The molecule has 2 aromatic heterocycles. The molecule has 0 unspecified atom stereocenters. The summed E-state index contributed by atoms with van der Waals surface area (Å²) in [6.07, 6.45) is 6.23. The van der Waals surface area contributed by atoms with E-state index in [0.29, 0.717) is 35.0 Å².